The van der Waals surface area contributed by atoms with Gasteiger partial charge in [-0.2, -0.15) is 5.10 Å². The van der Waals surface area contributed by atoms with Gasteiger partial charge >= 0.3 is 0 Å². The first-order valence-corrected chi connectivity index (χ1v) is 5.65. The summed E-state index contributed by atoms with van der Waals surface area (Å²) in [6.07, 6.45) is 0. The number of hydrogen-bond donors (Lipinski definition) is 0. The van der Waals surface area contributed by atoms with Crippen molar-refractivity contribution in [2.75, 3.05) is 0 Å². The first-order valence-electron chi connectivity index (χ1n) is 5.65. The second-order valence-corrected chi connectivity index (χ2v) is 4.24. The second-order valence-electron chi connectivity index (χ2n) is 4.24. The molecule has 0 radical (unpaired) electrons. The van der Waals surface area contributed by atoms with E-state index in [-0.39, 0.29) is 0 Å². The van der Waals surface area contributed by atoms with E-state index in [0.29, 0.717) is 0 Å². The molecule has 0 atom stereocenters. The molecule has 0 bridgehead atoms. The van der Waals surface area contributed by atoms with Crippen molar-refractivity contribution in [1.82, 2.24) is 19.4 Å². The van der Waals surface area contributed by atoms with Gasteiger partial charge < -0.3 is 0 Å². The highest BCUT2D eigenvalue weighted by Gasteiger charge is 2.14. The molecule has 0 N–H and O–H groups in total. The highest BCUT2D eigenvalue weighted by Crippen LogP contribution is 2.20. The van der Waals surface area contributed by atoms with Crippen molar-refractivity contribution in [3.8, 4) is 5.69 Å². The van der Waals surface area contributed by atoms with Crippen LogP contribution in [0.5, 0.6) is 0 Å². The number of aromatic nitrogens is 4. The Hall–Kier alpha value is -2.10. The van der Waals surface area contributed by atoms with Gasteiger partial charge in [-0.1, -0.05) is 18.2 Å². The van der Waals surface area contributed by atoms with E-state index >= 15 is 0 Å². The van der Waals surface area contributed by atoms with Gasteiger partial charge in [0.05, 0.1) is 5.69 Å². The number of para-hydroxylation sites is 1. The van der Waals surface area contributed by atoms with Crippen molar-refractivity contribution < 1.29 is 0 Å². The second kappa shape index (κ2) is 3.45. The predicted molar refractivity (Wildman–Crippen MR) is 66.5 cm³/mol. The van der Waals surface area contributed by atoms with Gasteiger partial charge in [-0.05, 0) is 32.9 Å². The molecule has 0 unspecified atom stereocenters. The molecule has 4 heteroatoms. The minimum Gasteiger partial charge on any atom is -0.279 e. The third-order valence-electron chi connectivity index (χ3n) is 3.10. The van der Waals surface area contributed by atoms with Crippen molar-refractivity contribution in [2.45, 2.75) is 20.8 Å². The van der Waals surface area contributed by atoms with Crippen LogP contribution in [0.4, 0.5) is 0 Å². The number of nitrogens with zero attached hydrogens (tertiary/aromatic N) is 4. The van der Waals surface area contributed by atoms with Gasteiger partial charge in [-0.25, -0.2) is 0 Å². The van der Waals surface area contributed by atoms with E-state index in [1.165, 1.54) is 5.56 Å². The third-order valence-corrected chi connectivity index (χ3v) is 3.10. The van der Waals surface area contributed by atoms with Crippen LogP contribution >= 0.6 is 0 Å². The van der Waals surface area contributed by atoms with Gasteiger partial charge in [0.1, 0.15) is 5.82 Å². The normalized spacial score (nSPS) is 11.2. The average molecular weight is 226 g/mol. The Kier molecular flexibility index (Phi) is 2.04. The monoisotopic (exact) mass is 226 g/mol. The standard InChI is InChI=1S/C13H14N4/c1-9-10(2)14-17-13(9)16(11(3)15-17)12-7-5-4-6-8-12/h4-8H,1-3H3. The molecular weight excluding hydrogens is 212 g/mol. The summed E-state index contributed by atoms with van der Waals surface area (Å²) in [5.41, 5.74) is 4.37. The molecule has 1 aromatic carbocycles. The number of benzene rings is 1. The minimum atomic E-state index is 0.946. The fraction of sp³-hybridized carbons (Fsp3) is 0.231. The number of fused-ring (bicyclic) bond motifs is 1. The molecule has 2 heterocycles. The lowest BCUT2D eigenvalue weighted by Gasteiger charge is -2.05. The zero-order valence-corrected chi connectivity index (χ0v) is 10.2. The maximum Gasteiger partial charge on any atom is 0.165 e. The molecule has 17 heavy (non-hydrogen) atoms. The van der Waals surface area contributed by atoms with E-state index < -0.39 is 0 Å². The van der Waals surface area contributed by atoms with Gasteiger partial charge in [0.25, 0.3) is 0 Å². The SMILES string of the molecule is Cc1nn2nc(C)n(-c3ccccc3)c2c1C. The van der Waals surface area contributed by atoms with Crippen molar-refractivity contribution in [2.24, 2.45) is 0 Å². The fourth-order valence-corrected chi connectivity index (χ4v) is 2.12. The molecule has 3 aromatic rings. The molecule has 0 saturated carbocycles. The summed E-state index contributed by atoms with van der Waals surface area (Å²) in [6, 6.07) is 10.2. The lowest BCUT2D eigenvalue weighted by molar-refractivity contribution is 0.792. The Labute approximate surface area is 99.5 Å². The van der Waals surface area contributed by atoms with Crippen molar-refractivity contribution in [1.29, 1.82) is 0 Å². The number of aryl methyl sites for hydroxylation is 3. The molecule has 0 aliphatic heterocycles. The van der Waals surface area contributed by atoms with Gasteiger partial charge in [0.2, 0.25) is 0 Å². The van der Waals surface area contributed by atoms with Crippen LogP contribution in [0.15, 0.2) is 30.3 Å². The van der Waals surface area contributed by atoms with Crippen LogP contribution in [0.3, 0.4) is 0 Å². The van der Waals surface area contributed by atoms with Crippen LogP contribution < -0.4 is 0 Å². The maximum atomic E-state index is 4.44. The van der Waals surface area contributed by atoms with E-state index in [4.69, 9.17) is 0 Å². The van der Waals surface area contributed by atoms with Crippen LogP contribution in [0, 0.1) is 20.8 Å². The molecule has 86 valence electrons. The zero-order chi connectivity index (χ0) is 12.0. The lowest BCUT2D eigenvalue weighted by atomic mass is 10.2. The lowest BCUT2D eigenvalue weighted by Crippen LogP contribution is -1.97. The Bertz CT molecular complexity index is 676. The van der Waals surface area contributed by atoms with Gasteiger partial charge in [0, 0.05) is 11.3 Å². The van der Waals surface area contributed by atoms with Crippen LogP contribution in [-0.2, 0) is 0 Å². The number of rotatable bonds is 1. The third kappa shape index (κ3) is 1.37. The Morgan fingerprint density at radius 1 is 0.941 bits per heavy atom. The molecule has 0 spiro atoms. The first kappa shape index (κ1) is 10.1. The summed E-state index contributed by atoms with van der Waals surface area (Å²) in [7, 11) is 0. The predicted octanol–water partition coefficient (Wildman–Crippen LogP) is 2.45. The Morgan fingerprint density at radius 2 is 1.65 bits per heavy atom. The molecule has 0 aliphatic carbocycles. The quantitative estimate of drug-likeness (QED) is 0.639. The van der Waals surface area contributed by atoms with Crippen molar-refractivity contribution in [3.05, 3.63) is 47.4 Å². The fourth-order valence-electron chi connectivity index (χ4n) is 2.12. The summed E-state index contributed by atoms with van der Waals surface area (Å²) in [5.74, 6) is 0.946. The topological polar surface area (TPSA) is 35.1 Å². The van der Waals surface area contributed by atoms with E-state index in [1.807, 2.05) is 32.0 Å². The summed E-state index contributed by atoms with van der Waals surface area (Å²) in [6.45, 7) is 6.09. The van der Waals surface area contributed by atoms with E-state index in [1.54, 1.807) is 4.63 Å². The average Bonchev–Trinajstić information content (AvgIpc) is 2.77. The molecule has 3 rings (SSSR count). The first-order chi connectivity index (χ1) is 8.18. The molecule has 0 amide bonds. The molecule has 0 aliphatic rings. The molecule has 2 aromatic heterocycles. The zero-order valence-electron chi connectivity index (χ0n) is 10.2. The highest BCUT2D eigenvalue weighted by atomic mass is 15.5. The number of hydrogen-bond acceptors (Lipinski definition) is 2. The van der Waals surface area contributed by atoms with Crippen LogP contribution in [-0.4, -0.2) is 19.4 Å². The minimum absolute atomic E-state index is 0.946. The van der Waals surface area contributed by atoms with Crippen LogP contribution in [0.25, 0.3) is 11.3 Å². The highest BCUT2D eigenvalue weighted by molar-refractivity contribution is 5.55. The summed E-state index contributed by atoms with van der Waals surface area (Å²) in [4.78, 5) is 0. The summed E-state index contributed by atoms with van der Waals surface area (Å²) in [5, 5.41) is 8.84. The molecular formula is C13H14N4. The largest absolute Gasteiger partial charge is 0.279 e. The smallest absolute Gasteiger partial charge is 0.165 e. The maximum absolute atomic E-state index is 4.44. The van der Waals surface area contributed by atoms with Gasteiger partial charge in [-0.3, -0.25) is 4.57 Å². The Morgan fingerprint density at radius 3 is 2.35 bits per heavy atom. The van der Waals surface area contributed by atoms with Crippen molar-refractivity contribution >= 4 is 5.65 Å². The van der Waals surface area contributed by atoms with Gasteiger partial charge in [-0.15, -0.1) is 9.73 Å². The molecule has 0 fully saturated rings. The van der Waals surface area contributed by atoms with Gasteiger partial charge in [0.15, 0.2) is 5.65 Å². The Balaban J connectivity index is 2.39. The van der Waals surface area contributed by atoms with E-state index in [2.05, 4.69) is 33.8 Å². The van der Waals surface area contributed by atoms with Crippen LogP contribution in [0.1, 0.15) is 17.1 Å². The molecule has 4 nitrogen and oxygen atoms in total. The van der Waals surface area contributed by atoms with E-state index in [0.717, 1.165) is 22.9 Å². The van der Waals surface area contributed by atoms with Crippen molar-refractivity contribution in [3.63, 3.8) is 0 Å². The van der Waals surface area contributed by atoms with E-state index in [9.17, 15) is 0 Å². The summed E-state index contributed by atoms with van der Waals surface area (Å²) < 4.78 is 3.85. The molecule has 0 saturated heterocycles. The van der Waals surface area contributed by atoms with Crippen LogP contribution in [0.2, 0.25) is 0 Å². The summed E-state index contributed by atoms with van der Waals surface area (Å²) >= 11 is 0.